The van der Waals surface area contributed by atoms with Crippen LogP contribution in [0.2, 0.25) is 5.28 Å². The van der Waals surface area contributed by atoms with Gasteiger partial charge in [-0.15, -0.1) is 0 Å². The number of carbonyl (C=O) groups excluding carboxylic acids is 2. The van der Waals surface area contributed by atoms with Gasteiger partial charge in [0.05, 0.1) is 29.5 Å². The molecule has 2 aromatic heterocycles. The summed E-state index contributed by atoms with van der Waals surface area (Å²) in [5, 5.41) is 11.8. The molecule has 6 rings (SSSR count). The van der Waals surface area contributed by atoms with Gasteiger partial charge in [0.15, 0.2) is 5.82 Å². The fourth-order valence-electron chi connectivity index (χ4n) is 6.22. The molecule has 0 aliphatic carbocycles. The van der Waals surface area contributed by atoms with E-state index in [2.05, 4.69) is 34.7 Å². The number of rotatable bonds is 8. The van der Waals surface area contributed by atoms with Crippen molar-refractivity contribution >= 4 is 51.3 Å². The van der Waals surface area contributed by atoms with Crippen LogP contribution in [-0.2, 0) is 29.1 Å². The fraction of sp³-hybridized carbons (Fsp3) is 0.342. The zero-order valence-corrected chi connectivity index (χ0v) is 28.9. The minimum absolute atomic E-state index is 0.108. The number of aryl methyl sites for hydroxylation is 1. The Kier molecular flexibility index (Phi) is 9.74. The summed E-state index contributed by atoms with van der Waals surface area (Å²) in [5.74, 6) is 0.839. The smallest absolute Gasteiger partial charge is 0.410 e. The zero-order chi connectivity index (χ0) is 34.7. The molecule has 1 fully saturated rings. The van der Waals surface area contributed by atoms with Crippen molar-refractivity contribution in [2.75, 3.05) is 24.5 Å². The molecule has 49 heavy (non-hydrogen) atoms. The maximum Gasteiger partial charge on any atom is 0.410 e. The van der Waals surface area contributed by atoms with Crippen LogP contribution in [0.1, 0.15) is 50.8 Å². The third-order valence-electron chi connectivity index (χ3n) is 8.76. The maximum atomic E-state index is 13.2. The molecule has 0 spiro atoms. The molecule has 3 aromatic carbocycles. The molecular weight excluding hydrogens is 640 g/mol. The van der Waals surface area contributed by atoms with E-state index in [4.69, 9.17) is 31.0 Å². The number of nitrogens with zero attached hydrogens (tertiary/aromatic N) is 6. The van der Waals surface area contributed by atoms with E-state index in [-0.39, 0.29) is 24.3 Å². The van der Waals surface area contributed by atoms with E-state index in [1.54, 1.807) is 4.90 Å². The van der Waals surface area contributed by atoms with Crippen LogP contribution < -0.4 is 9.64 Å². The largest absolute Gasteiger partial charge is 0.445 e. The minimum atomic E-state index is -0.648. The van der Waals surface area contributed by atoms with Crippen molar-refractivity contribution in [3.8, 4) is 11.8 Å². The molecule has 1 saturated heterocycles. The predicted octanol–water partition coefficient (Wildman–Crippen LogP) is 7.54. The summed E-state index contributed by atoms with van der Waals surface area (Å²) in [6, 6.07) is 23.2. The summed E-state index contributed by atoms with van der Waals surface area (Å²) in [6.07, 6.45) is 2.28. The number of amides is 1. The van der Waals surface area contributed by atoms with Crippen molar-refractivity contribution in [1.29, 1.82) is 5.26 Å². The van der Waals surface area contributed by atoms with Gasteiger partial charge in [-0.05, 0) is 73.3 Å². The second-order valence-electron chi connectivity index (χ2n) is 13.3. The first-order valence-corrected chi connectivity index (χ1v) is 16.8. The number of piperazine rings is 1. The van der Waals surface area contributed by atoms with Gasteiger partial charge in [0.2, 0.25) is 5.28 Å². The van der Waals surface area contributed by atoms with Crippen molar-refractivity contribution in [2.45, 2.75) is 59.7 Å². The van der Waals surface area contributed by atoms with Gasteiger partial charge in [-0.25, -0.2) is 9.78 Å². The van der Waals surface area contributed by atoms with Gasteiger partial charge < -0.3 is 23.8 Å². The lowest BCUT2D eigenvalue weighted by atomic mass is 9.97. The number of hydrogen-bond donors (Lipinski definition) is 0. The van der Waals surface area contributed by atoms with Gasteiger partial charge in [0.1, 0.15) is 17.9 Å². The van der Waals surface area contributed by atoms with Crippen LogP contribution in [-0.4, -0.2) is 57.2 Å². The maximum absolute atomic E-state index is 13.2. The van der Waals surface area contributed by atoms with E-state index >= 15 is 0 Å². The highest BCUT2D eigenvalue weighted by atomic mass is 35.5. The topological polar surface area (TPSA) is 114 Å². The molecule has 1 aliphatic heterocycles. The van der Waals surface area contributed by atoms with Crippen molar-refractivity contribution in [3.05, 3.63) is 94.9 Å². The molecule has 1 aliphatic rings. The Bertz CT molecular complexity index is 2050. The lowest BCUT2D eigenvalue weighted by Gasteiger charge is -2.40. The Morgan fingerprint density at radius 1 is 1.02 bits per heavy atom. The number of halogens is 1. The zero-order valence-electron chi connectivity index (χ0n) is 28.1. The summed E-state index contributed by atoms with van der Waals surface area (Å²) in [5.41, 5.74) is 3.73. The van der Waals surface area contributed by atoms with Crippen molar-refractivity contribution < 1.29 is 19.1 Å². The van der Waals surface area contributed by atoms with E-state index in [0.717, 1.165) is 38.5 Å². The lowest BCUT2D eigenvalue weighted by Crippen LogP contribution is -2.55. The Hall–Kier alpha value is -5.14. The highest BCUT2D eigenvalue weighted by Crippen LogP contribution is 2.35. The fourth-order valence-corrected chi connectivity index (χ4v) is 6.38. The van der Waals surface area contributed by atoms with Crippen LogP contribution in [0.3, 0.4) is 0 Å². The summed E-state index contributed by atoms with van der Waals surface area (Å²) in [7, 11) is 0. The first-order chi connectivity index (χ1) is 23.5. The van der Waals surface area contributed by atoms with Gasteiger partial charge in [-0.2, -0.15) is 10.2 Å². The van der Waals surface area contributed by atoms with Crippen LogP contribution in [0.15, 0.2) is 72.9 Å². The summed E-state index contributed by atoms with van der Waals surface area (Å²) >= 11 is 6.61. The standard InChI is InChI=1S/C38H39ClN6O4/c1-5-43-22-28(19-27-21-30(49-35(46)38(2,3)4)20-26-13-9-10-14-31(26)27)32-33(43)34(42-36(39)41-32)44-17-18-45(29(23-44)15-16-40)37(47)48-24-25-11-7-6-8-12-25/h6-14,20-22,29H,5,15,17-19,23-24H2,1-4H3. The van der Waals surface area contributed by atoms with Crippen LogP contribution in [0.25, 0.3) is 21.8 Å². The molecule has 0 N–H and O–H groups in total. The number of benzene rings is 3. The second kappa shape index (κ2) is 14.1. The number of carbonyl (C=O) groups is 2. The number of aromatic nitrogens is 3. The van der Waals surface area contributed by atoms with Crippen molar-refractivity contribution in [1.82, 2.24) is 19.4 Å². The average molecular weight is 679 g/mol. The van der Waals surface area contributed by atoms with E-state index in [1.807, 2.05) is 81.4 Å². The van der Waals surface area contributed by atoms with Gasteiger partial charge in [-0.1, -0.05) is 54.6 Å². The third kappa shape index (κ3) is 7.32. The number of anilines is 1. The van der Waals surface area contributed by atoms with Crippen LogP contribution in [0, 0.1) is 16.7 Å². The van der Waals surface area contributed by atoms with E-state index in [1.165, 1.54) is 0 Å². The lowest BCUT2D eigenvalue weighted by molar-refractivity contribution is -0.142. The van der Waals surface area contributed by atoms with Crippen LogP contribution in [0.4, 0.5) is 10.6 Å². The molecule has 3 heterocycles. The molecule has 0 radical (unpaired) electrons. The molecule has 0 bridgehead atoms. The van der Waals surface area contributed by atoms with Gasteiger partial charge in [0.25, 0.3) is 0 Å². The monoisotopic (exact) mass is 678 g/mol. The number of hydrogen-bond acceptors (Lipinski definition) is 8. The van der Waals surface area contributed by atoms with E-state index in [9.17, 15) is 14.9 Å². The molecule has 0 saturated carbocycles. The second-order valence-corrected chi connectivity index (χ2v) is 13.6. The Morgan fingerprint density at radius 2 is 1.78 bits per heavy atom. The average Bonchev–Trinajstić information content (AvgIpc) is 3.43. The number of nitriles is 1. The SMILES string of the molecule is CCn1cc(Cc2cc(OC(=O)C(C)(C)C)cc3ccccc23)c2nc(Cl)nc(N3CCN(C(=O)OCc4ccccc4)C(CC#N)C3)c21. The van der Waals surface area contributed by atoms with Crippen LogP contribution >= 0.6 is 11.6 Å². The Morgan fingerprint density at radius 3 is 2.51 bits per heavy atom. The number of esters is 1. The van der Waals surface area contributed by atoms with E-state index < -0.39 is 17.6 Å². The molecule has 1 atom stereocenters. The van der Waals surface area contributed by atoms with Crippen molar-refractivity contribution in [2.24, 2.45) is 5.41 Å². The van der Waals surface area contributed by atoms with Gasteiger partial charge in [-0.3, -0.25) is 4.79 Å². The first kappa shape index (κ1) is 33.7. The Labute approximate surface area is 290 Å². The molecule has 11 heteroatoms. The van der Waals surface area contributed by atoms with Gasteiger partial charge in [0, 0.05) is 44.4 Å². The highest BCUT2D eigenvalue weighted by Gasteiger charge is 2.34. The minimum Gasteiger partial charge on any atom is -0.445 e. The quantitative estimate of drug-likeness (QED) is 0.0940. The normalized spacial score (nSPS) is 15.0. The number of fused-ring (bicyclic) bond motifs is 2. The van der Waals surface area contributed by atoms with Crippen molar-refractivity contribution in [3.63, 3.8) is 0 Å². The number of ether oxygens (including phenoxy) is 2. The first-order valence-electron chi connectivity index (χ1n) is 16.4. The Balaban J connectivity index is 1.31. The summed E-state index contributed by atoms with van der Waals surface area (Å²) in [6.45, 7) is 9.58. The molecule has 1 amide bonds. The predicted molar refractivity (Wildman–Crippen MR) is 190 cm³/mol. The summed E-state index contributed by atoms with van der Waals surface area (Å²) in [4.78, 5) is 39.1. The van der Waals surface area contributed by atoms with Gasteiger partial charge >= 0.3 is 12.1 Å². The molecular formula is C38H39ClN6O4. The molecule has 10 nitrogen and oxygen atoms in total. The van der Waals surface area contributed by atoms with E-state index in [0.29, 0.717) is 44.2 Å². The molecule has 5 aromatic rings. The van der Waals surface area contributed by atoms with Crippen LogP contribution in [0.5, 0.6) is 5.75 Å². The summed E-state index contributed by atoms with van der Waals surface area (Å²) < 4.78 is 13.6. The third-order valence-corrected chi connectivity index (χ3v) is 8.92. The highest BCUT2D eigenvalue weighted by molar-refractivity contribution is 6.28. The molecule has 1 unspecified atom stereocenters. The molecule has 252 valence electrons.